The van der Waals surface area contributed by atoms with E-state index in [0.29, 0.717) is 0 Å². The van der Waals surface area contributed by atoms with Crippen LogP contribution < -0.4 is 10.3 Å². The highest BCUT2D eigenvalue weighted by molar-refractivity contribution is 6.32. The van der Waals surface area contributed by atoms with E-state index in [1.165, 1.54) is 58.5 Å². The topological polar surface area (TPSA) is 90.7 Å². The highest BCUT2D eigenvalue weighted by atomic mass is 35.5. The maximum Gasteiger partial charge on any atom is 0.422 e. The summed E-state index contributed by atoms with van der Waals surface area (Å²) in [5.74, 6) is -2.20. The van der Waals surface area contributed by atoms with Crippen LogP contribution in [0.25, 0.3) is 0 Å². The molecule has 7 nitrogen and oxygen atoms in total. The normalized spacial score (nSPS) is 14.2. The second-order valence-electron chi connectivity index (χ2n) is 8.10. The van der Waals surface area contributed by atoms with E-state index in [-0.39, 0.29) is 38.4 Å². The van der Waals surface area contributed by atoms with Gasteiger partial charge in [0.1, 0.15) is 10.8 Å². The van der Waals surface area contributed by atoms with Gasteiger partial charge in [0, 0.05) is 41.5 Å². The number of nitrogens with zero attached hydrogens (tertiary/aromatic N) is 2. The maximum absolute atomic E-state index is 14.3. The molecule has 2 unspecified atom stereocenters. The number of aliphatic hydroxyl groups is 1. The summed E-state index contributed by atoms with van der Waals surface area (Å²) in [5, 5.41) is 10.9. The van der Waals surface area contributed by atoms with Gasteiger partial charge in [0.15, 0.2) is 5.60 Å². The Balaban J connectivity index is 1.99. The number of methoxy groups -OCH3 is 1. The fourth-order valence-corrected chi connectivity index (χ4v) is 4.27. The molecule has 3 rings (SSSR count). The van der Waals surface area contributed by atoms with Crippen molar-refractivity contribution in [3.8, 4) is 11.6 Å². The van der Waals surface area contributed by atoms with Crippen LogP contribution in [0.1, 0.15) is 39.9 Å². The van der Waals surface area contributed by atoms with Crippen LogP contribution in [0.4, 0.5) is 13.2 Å². The molecular weight excluding hydrogens is 524 g/mol. The van der Waals surface area contributed by atoms with Crippen molar-refractivity contribution in [2.75, 3.05) is 7.11 Å². The second-order valence-corrected chi connectivity index (χ2v) is 8.92. The Morgan fingerprint density at radius 3 is 2.36 bits per heavy atom. The van der Waals surface area contributed by atoms with Crippen molar-refractivity contribution in [2.45, 2.75) is 31.5 Å². The van der Waals surface area contributed by atoms with Crippen LogP contribution in [0.5, 0.6) is 11.6 Å². The SMILES string of the molecule is COC(=O)c1cnc(Oc2ccc(C(C)C(O)(c3cc(C)c(=O)n(C)c3)C(F)(F)F)c(Cl)c2)c(Cl)c1. The first-order chi connectivity index (χ1) is 16.7. The lowest BCUT2D eigenvalue weighted by Gasteiger charge is -2.37. The van der Waals surface area contributed by atoms with Gasteiger partial charge in [0.25, 0.3) is 5.56 Å². The van der Waals surface area contributed by atoms with Crippen LogP contribution in [0.3, 0.4) is 0 Å². The summed E-state index contributed by atoms with van der Waals surface area (Å²) in [6, 6.07) is 6.18. The Kier molecular flexibility index (Phi) is 7.73. The van der Waals surface area contributed by atoms with Crippen LogP contribution >= 0.6 is 23.2 Å². The first kappa shape index (κ1) is 27.5. The van der Waals surface area contributed by atoms with Gasteiger partial charge < -0.3 is 19.1 Å². The summed E-state index contributed by atoms with van der Waals surface area (Å²) in [6.07, 6.45) is -2.96. The summed E-state index contributed by atoms with van der Waals surface area (Å²) in [4.78, 5) is 27.5. The number of hydrogen-bond acceptors (Lipinski definition) is 6. The first-order valence-electron chi connectivity index (χ1n) is 10.4. The van der Waals surface area contributed by atoms with Crippen LogP contribution in [-0.4, -0.2) is 33.9 Å². The first-order valence-corrected chi connectivity index (χ1v) is 11.1. The molecule has 0 bridgehead atoms. The fraction of sp³-hybridized carbons (Fsp3) is 0.292. The number of pyridine rings is 2. The molecule has 2 aromatic heterocycles. The van der Waals surface area contributed by atoms with Crippen molar-refractivity contribution in [2.24, 2.45) is 7.05 Å². The van der Waals surface area contributed by atoms with Crippen molar-refractivity contribution in [3.05, 3.63) is 85.4 Å². The molecule has 192 valence electrons. The molecule has 2 heterocycles. The summed E-state index contributed by atoms with van der Waals surface area (Å²) in [6.45, 7) is 2.54. The Hall–Kier alpha value is -3.08. The minimum Gasteiger partial charge on any atom is -0.465 e. The fourth-order valence-electron chi connectivity index (χ4n) is 3.73. The van der Waals surface area contributed by atoms with Crippen LogP contribution in [0.15, 0.2) is 47.5 Å². The van der Waals surface area contributed by atoms with Crippen LogP contribution in [0.2, 0.25) is 10.0 Å². The monoisotopic (exact) mass is 544 g/mol. The number of halogens is 5. The second kappa shape index (κ2) is 10.1. The Morgan fingerprint density at radius 2 is 1.83 bits per heavy atom. The van der Waals surface area contributed by atoms with Gasteiger partial charge in [-0.15, -0.1) is 0 Å². The number of aryl methyl sites for hydroxylation is 2. The number of carbonyl (C=O) groups is 1. The summed E-state index contributed by atoms with van der Waals surface area (Å²) >= 11 is 12.4. The van der Waals surface area contributed by atoms with Gasteiger partial charge in [-0.25, -0.2) is 9.78 Å². The largest absolute Gasteiger partial charge is 0.465 e. The average molecular weight is 545 g/mol. The molecule has 0 aliphatic rings. The third-order valence-corrected chi connectivity index (χ3v) is 6.34. The molecular formula is C24H21Cl2F3N2O5. The van der Waals surface area contributed by atoms with E-state index in [1.54, 1.807) is 0 Å². The van der Waals surface area contributed by atoms with Gasteiger partial charge in [0.2, 0.25) is 5.88 Å². The minimum atomic E-state index is -5.10. The zero-order chi connectivity index (χ0) is 27.0. The van der Waals surface area contributed by atoms with Gasteiger partial charge in [0.05, 0.1) is 12.7 Å². The van der Waals surface area contributed by atoms with Gasteiger partial charge in [-0.2, -0.15) is 13.2 Å². The summed E-state index contributed by atoms with van der Waals surface area (Å²) in [7, 11) is 2.50. The van der Waals surface area contributed by atoms with Crippen LogP contribution in [0, 0.1) is 6.92 Å². The lowest BCUT2D eigenvalue weighted by Crippen LogP contribution is -2.47. The molecule has 36 heavy (non-hydrogen) atoms. The highest BCUT2D eigenvalue weighted by Gasteiger charge is 2.59. The Morgan fingerprint density at radius 1 is 1.17 bits per heavy atom. The van der Waals surface area contributed by atoms with Crippen molar-refractivity contribution >= 4 is 29.2 Å². The molecule has 0 saturated heterocycles. The van der Waals surface area contributed by atoms with Gasteiger partial charge in [-0.05, 0) is 36.8 Å². The molecule has 0 saturated carbocycles. The molecule has 12 heteroatoms. The number of aromatic nitrogens is 2. The number of hydrogen-bond donors (Lipinski definition) is 1. The van der Waals surface area contributed by atoms with E-state index >= 15 is 0 Å². The maximum atomic E-state index is 14.3. The molecule has 0 fully saturated rings. The van der Waals surface area contributed by atoms with Gasteiger partial charge in [-0.3, -0.25) is 4.79 Å². The number of esters is 1. The Labute approximate surface area is 214 Å². The number of carbonyl (C=O) groups excluding carboxylic acids is 1. The predicted molar refractivity (Wildman–Crippen MR) is 127 cm³/mol. The standard InChI is InChI=1S/C24H21Cl2F3N2O5/c1-12-7-15(11-31(3)21(12)32)23(34,24(27,28)29)13(2)17-6-5-16(9-18(17)25)36-20-19(26)8-14(10-30-20)22(33)35-4/h5-11,13,34H,1-4H3. The van der Waals surface area contributed by atoms with E-state index < -0.39 is 34.8 Å². The molecule has 0 radical (unpaired) electrons. The number of ether oxygens (including phenoxy) is 2. The van der Waals surface area contributed by atoms with Gasteiger partial charge in [-0.1, -0.05) is 36.2 Å². The molecule has 1 N–H and O–H groups in total. The minimum absolute atomic E-state index is 0.0111. The number of alkyl halides is 3. The van der Waals surface area contributed by atoms with Crippen molar-refractivity contribution < 1.29 is 32.5 Å². The van der Waals surface area contributed by atoms with E-state index in [4.69, 9.17) is 27.9 Å². The molecule has 0 spiro atoms. The van der Waals surface area contributed by atoms with Crippen LogP contribution in [-0.2, 0) is 17.4 Å². The third kappa shape index (κ3) is 5.07. The smallest absolute Gasteiger partial charge is 0.422 e. The zero-order valence-electron chi connectivity index (χ0n) is 19.5. The highest BCUT2D eigenvalue weighted by Crippen LogP contribution is 2.50. The molecule has 0 amide bonds. The number of benzene rings is 1. The van der Waals surface area contributed by atoms with E-state index in [1.807, 2.05) is 0 Å². The Bertz CT molecular complexity index is 1350. The van der Waals surface area contributed by atoms with Crippen molar-refractivity contribution in [1.82, 2.24) is 9.55 Å². The average Bonchev–Trinajstić information content (AvgIpc) is 2.81. The lowest BCUT2D eigenvalue weighted by atomic mass is 9.78. The third-order valence-electron chi connectivity index (χ3n) is 5.74. The van der Waals surface area contributed by atoms with Gasteiger partial charge >= 0.3 is 12.1 Å². The van der Waals surface area contributed by atoms with Crippen molar-refractivity contribution in [1.29, 1.82) is 0 Å². The molecule has 2 atom stereocenters. The van der Waals surface area contributed by atoms with E-state index in [9.17, 15) is 27.9 Å². The molecule has 1 aromatic carbocycles. The zero-order valence-corrected chi connectivity index (χ0v) is 21.0. The van der Waals surface area contributed by atoms with E-state index in [2.05, 4.69) is 9.72 Å². The molecule has 0 aliphatic heterocycles. The quantitative estimate of drug-likeness (QED) is 0.410. The summed E-state index contributed by atoms with van der Waals surface area (Å²) in [5.41, 5.74) is -4.22. The molecule has 0 aliphatic carbocycles. The summed E-state index contributed by atoms with van der Waals surface area (Å²) < 4.78 is 54.0. The van der Waals surface area contributed by atoms with E-state index in [0.717, 1.165) is 16.8 Å². The van der Waals surface area contributed by atoms with Crippen molar-refractivity contribution in [3.63, 3.8) is 0 Å². The predicted octanol–water partition coefficient (Wildman–Crippen LogP) is 5.53. The lowest BCUT2D eigenvalue weighted by molar-refractivity contribution is -0.274. The number of rotatable bonds is 6. The molecule has 3 aromatic rings.